The monoisotopic (exact) mass is 408 g/mol. The van der Waals surface area contributed by atoms with Crippen LogP contribution in [-0.4, -0.2) is 53.6 Å². The molecule has 0 radical (unpaired) electrons. The molecule has 2 fully saturated rings. The van der Waals surface area contributed by atoms with Gasteiger partial charge in [0.1, 0.15) is 17.1 Å². The molecule has 2 saturated heterocycles. The Labute approximate surface area is 177 Å². The van der Waals surface area contributed by atoms with E-state index in [4.69, 9.17) is 9.47 Å². The Hall–Kier alpha value is -3.02. The Morgan fingerprint density at radius 1 is 0.800 bits per heavy atom. The van der Waals surface area contributed by atoms with E-state index < -0.39 is 5.60 Å². The minimum atomic E-state index is -0.493. The lowest BCUT2D eigenvalue weighted by Crippen LogP contribution is -2.38. The predicted molar refractivity (Wildman–Crippen MR) is 114 cm³/mol. The van der Waals surface area contributed by atoms with Crippen LogP contribution in [0.25, 0.3) is 0 Å². The number of amides is 2. The summed E-state index contributed by atoms with van der Waals surface area (Å²) in [6, 6.07) is 16.8. The van der Waals surface area contributed by atoms with Crippen molar-refractivity contribution in [3.63, 3.8) is 0 Å². The third kappa shape index (κ3) is 4.58. The summed E-state index contributed by atoms with van der Waals surface area (Å²) in [5.41, 5.74) is 0.159. The number of rotatable bonds is 3. The minimum absolute atomic E-state index is 0.0273. The van der Waals surface area contributed by atoms with Gasteiger partial charge in [-0.3, -0.25) is 4.79 Å². The summed E-state index contributed by atoms with van der Waals surface area (Å²) in [7, 11) is 0. The predicted octanol–water partition coefficient (Wildman–Crippen LogP) is 4.42. The number of carbonyl (C=O) groups excluding carboxylic acids is 2. The molecule has 0 N–H and O–H groups in total. The second-order valence-corrected chi connectivity index (χ2v) is 9.06. The van der Waals surface area contributed by atoms with E-state index in [0.29, 0.717) is 49.3 Å². The Morgan fingerprint density at radius 2 is 1.33 bits per heavy atom. The van der Waals surface area contributed by atoms with Gasteiger partial charge in [0.15, 0.2) is 0 Å². The van der Waals surface area contributed by atoms with Crippen molar-refractivity contribution in [1.29, 1.82) is 0 Å². The summed E-state index contributed by atoms with van der Waals surface area (Å²) in [5, 5.41) is 0. The third-order valence-corrected chi connectivity index (χ3v) is 5.51. The van der Waals surface area contributed by atoms with Gasteiger partial charge in [-0.1, -0.05) is 18.2 Å². The fraction of sp³-hybridized carbons (Fsp3) is 0.417. The summed E-state index contributed by atoms with van der Waals surface area (Å²) in [6.45, 7) is 8.26. The van der Waals surface area contributed by atoms with Gasteiger partial charge in [0.05, 0.1) is 0 Å². The second-order valence-electron chi connectivity index (χ2n) is 9.06. The molecule has 0 aliphatic carbocycles. The number of likely N-dealkylation sites (tertiary alicyclic amines) is 2. The minimum Gasteiger partial charge on any atom is -0.457 e. The molecule has 2 aromatic carbocycles. The van der Waals surface area contributed by atoms with E-state index in [0.717, 1.165) is 5.75 Å². The van der Waals surface area contributed by atoms with Crippen LogP contribution in [0.3, 0.4) is 0 Å². The maximum absolute atomic E-state index is 12.9. The molecule has 0 saturated carbocycles. The average molecular weight is 408 g/mol. The first kappa shape index (κ1) is 20.3. The Bertz CT molecular complexity index is 891. The van der Waals surface area contributed by atoms with Crippen LogP contribution in [0.1, 0.15) is 31.1 Å². The fourth-order valence-electron chi connectivity index (χ4n) is 4.11. The number of hydrogen-bond donors (Lipinski definition) is 0. The van der Waals surface area contributed by atoms with E-state index in [2.05, 4.69) is 0 Å². The number of para-hydroxylation sites is 1. The molecule has 2 atom stereocenters. The van der Waals surface area contributed by atoms with Gasteiger partial charge in [0.2, 0.25) is 0 Å². The van der Waals surface area contributed by atoms with Gasteiger partial charge in [-0.05, 0) is 57.2 Å². The normalized spacial score (nSPS) is 20.8. The number of nitrogens with zero attached hydrogens (tertiary/aromatic N) is 2. The van der Waals surface area contributed by atoms with Crippen molar-refractivity contribution in [2.75, 3.05) is 26.2 Å². The molecule has 158 valence electrons. The highest BCUT2D eigenvalue weighted by molar-refractivity contribution is 5.94. The summed E-state index contributed by atoms with van der Waals surface area (Å²) >= 11 is 0. The maximum atomic E-state index is 12.9. The van der Waals surface area contributed by atoms with Crippen molar-refractivity contribution in [3.05, 3.63) is 60.2 Å². The topological polar surface area (TPSA) is 59.1 Å². The molecule has 2 aliphatic rings. The SMILES string of the molecule is CC(C)(C)OC(=O)N1CC2CN(C(=O)c3ccc(Oc4ccccc4)cc3)CC2C1. The van der Waals surface area contributed by atoms with Crippen LogP contribution in [-0.2, 0) is 4.74 Å². The van der Waals surface area contributed by atoms with Crippen molar-refractivity contribution in [2.45, 2.75) is 26.4 Å². The molecule has 2 heterocycles. The zero-order chi connectivity index (χ0) is 21.3. The van der Waals surface area contributed by atoms with E-state index in [1.54, 1.807) is 4.90 Å². The van der Waals surface area contributed by atoms with E-state index in [1.165, 1.54) is 0 Å². The summed E-state index contributed by atoms with van der Waals surface area (Å²) in [5.74, 6) is 2.10. The first-order valence-electron chi connectivity index (χ1n) is 10.4. The van der Waals surface area contributed by atoms with Gasteiger partial charge < -0.3 is 19.3 Å². The standard InChI is InChI=1S/C24H28N2O4/c1-24(2,3)30-23(28)26-15-18-13-25(14-19(18)16-26)22(27)17-9-11-21(12-10-17)29-20-7-5-4-6-8-20/h4-12,18-19H,13-16H2,1-3H3. The van der Waals surface area contributed by atoms with E-state index >= 15 is 0 Å². The Balaban J connectivity index is 1.32. The van der Waals surface area contributed by atoms with Gasteiger partial charge >= 0.3 is 6.09 Å². The average Bonchev–Trinajstić information content (AvgIpc) is 3.27. The van der Waals surface area contributed by atoms with Crippen molar-refractivity contribution in [1.82, 2.24) is 9.80 Å². The number of ether oxygens (including phenoxy) is 2. The zero-order valence-corrected chi connectivity index (χ0v) is 17.7. The van der Waals surface area contributed by atoms with Crippen molar-refractivity contribution in [2.24, 2.45) is 11.8 Å². The van der Waals surface area contributed by atoms with Gasteiger partial charge in [-0.2, -0.15) is 0 Å². The Kier molecular flexibility index (Phi) is 5.41. The smallest absolute Gasteiger partial charge is 0.410 e. The molecule has 6 heteroatoms. The molecule has 2 aliphatic heterocycles. The Morgan fingerprint density at radius 3 is 1.90 bits per heavy atom. The van der Waals surface area contributed by atoms with Crippen LogP contribution in [0, 0.1) is 11.8 Å². The van der Waals surface area contributed by atoms with Gasteiger partial charge in [0, 0.05) is 43.6 Å². The van der Waals surface area contributed by atoms with E-state index in [1.807, 2.05) is 80.3 Å². The second kappa shape index (κ2) is 8.01. The summed E-state index contributed by atoms with van der Waals surface area (Å²) in [4.78, 5) is 28.9. The highest BCUT2D eigenvalue weighted by Crippen LogP contribution is 2.33. The largest absolute Gasteiger partial charge is 0.457 e. The number of benzene rings is 2. The molecule has 2 unspecified atom stereocenters. The first-order chi connectivity index (χ1) is 14.3. The number of fused-ring (bicyclic) bond motifs is 1. The maximum Gasteiger partial charge on any atom is 0.410 e. The molecular formula is C24H28N2O4. The lowest BCUT2D eigenvalue weighted by Gasteiger charge is -2.26. The highest BCUT2D eigenvalue weighted by atomic mass is 16.6. The van der Waals surface area contributed by atoms with Gasteiger partial charge in [0.25, 0.3) is 5.91 Å². The van der Waals surface area contributed by atoms with Crippen LogP contribution in [0.2, 0.25) is 0 Å². The molecule has 0 bridgehead atoms. The van der Waals surface area contributed by atoms with Crippen LogP contribution < -0.4 is 4.74 Å². The molecule has 2 aromatic rings. The molecule has 4 rings (SSSR count). The van der Waals surface area contributed by atoms with Gasteiger partial charge in [-0.15, -0.1) is 0 Å². The van der Waals surface area contributed by atoms with Crippen LogP contribution in [0.5, 0.6) is 11.5 Å². The number of carbonyl (C=O) groups is 2. The first-order valence-corrected chi connectivity index (χ1v) is 10.4. The third-order valence-electron chi connectivity index (χ3n) is 5.51. The lowest BCUT2D eigenvalue weighted by molar-refractivity contribution is 0.0275. The zero-order valence-electron chi connectivity index (χ0n) is 17.7. The molecule has 30 heavy (non-hydrogen) atoms. The van der Waals surface area contributed by atoms with Gasteiger partial charge in [-0.25, -0.2) is 4.79 Å². The van der Waals surface area contributed by atoms with Crippen molar-refractivity contribution < 1.29 is 19.1 Å². The summed E-state index contributed by atoms with van der Waals surface area (Å²) in [6.07, 6.45) is -0.260. The van der Waals surface area contributed by atoms with Crippen molar-refractivity contribution >= 4 is 12.0 Å². The van der Waals surface area contributed by atoms with Crippen LogP contribution >= 0.6 is 0 Å². The molecular weight excluding hydrogens is 380 g/mol. The molecule has 0 aromatic heterocycles. The van der Waals surface area contributed by atoms with E-state index in [-0.39, 0.29) is 12.0 Å². The molecule has 2 amide bonds. The quantitative estimate of drug-likeness (QED) is 0.754. The van der Waals surface area contributed by atoms with E-state index in [9.17, 15) is 9.59 Å². The van der Waals surface area contributed by atoms with Crippen molar-refractivity contribution in [3.8, 4) is 11.5 Å². The highest BCUT2D eigenvalue weighted by Gasteiger charge is 2.44. The lowest BCUT2D eigenvalue weighted by atomic mass is 10.0. The van der Waals surface area contributed by atoms with Crippen LogP contribution in [0.15, 0.2) is 54.6 Å². The fourth-order valence-corrected chi connectivity index (χ4v) is 4.11. The summed E-state index contributed by atoms with van der Waals surface area (Å²) < 4.78 is 11.3. The molecule has 0 spiro atoms. The van der Waals surface area contributed by atoms with Crippen LogP contribution in [0.4, 0.5) is 4.79 Å². The number of hydrogen-bond acceptors (Lipinski definition) is 4. The molecule has 6 nitrogen and oxygen atoms in total.